The number of ether oxygens (including phenoxy) is 2. The molecule has 2 unspecified atom stereocenters. The van der Waals surface area contributed by atoms with E-state index in [2.05, 4.69) is 54.2 Å². The van der Waals surface area contributed by atoms with Crippen molar-refractivity contribution in [3.63, 3.8) is 0 Å². The number of hydrogen-bond acceptors (Lipinski definition) is 3. The van der Waals surface area contributed by atoms with E-state index in [1.165, 1.54) is 5.56 Å². The molecule has 0 heterocycles. The van der Waals surface area contributed by atoms with Gasteiger partial charge < -0.3 is 14.8 Å². The smallest absolute Gasteiger partial charge is 0.125 e. The minimum absolute atomic E-state index is 0.140. The normalized spacial score (nSPS) is 14.1. The van der Waals surface area contributed by atoms with E-state index in [1.807, 2.05) is 6.07 Å². The van der Waals surface area contributed by atoms with E-state index in [0.29, 0.717) is 6.61 Å². The first-order valence-corrected chi connectivity index (χ1v) is 8.06. The molecule has 0 aliphatic rings. The first kappa shape index (κ1) is 17.5. The maximum Gasteiger partial charge on any atom is 0.125 e. The van der Waals surface area contributed by atoms with Gasteiger partial charge in [0.2, 0.25) is 0 Å². The highest BCUT2D eigenvalue weighted by Gasteiger charge is 2.14. The lowest BCUT2D eigenvalue weighted by molar-refractivity contribution is 0.134. The third-order valence-electron chi connectivity index (χ3n) is 3.20. The topological polar surface area (TPSA) is 30.5 Å². The zero-order valence-electron chi connectivity index (χ0n) is 12.9. The van der Waals surface area contributed by atoms with Crippen LogP contribution in [0.5, 0.6) is 5.75 Å². The fourth-order valence-electron chi connectivity index (χ4n) is 2.00. The predicted octanol–water partition coefficient (Wildman–Crippen LogP) is 4.31. The van der Waals surface area contributed by atoms with Crippen LogP contribution in [-0.2, 0) is 4.74 Å². The van der Waals surface area contributed by atoms with Gasteiger partial charge in [-0.1, -0.05) is 28.9 Å². The lowest BCUT2D eigenvalue weighted by Crippen LogP contribution is -2.21. The molecule has 0 saturated heterocycles. The molecule has 0 aliphatic heterocycles. The van der Waals surface area contributed by atoms with E-state index in [1.54, 1.807) is 7.11 Å². The van der Waals surface area contributed by atoms with E-state index >= 15 is 0 Å². The zero-order valence-corrected chi connectivity index (χ0v) is 14.5. The van der Waals surface area contributed by atoms with Crippen molar-refractivity contribution in [3.8, 4) is 5.75 Å². The van der Waals surface area contributed by atoms with Crippen molar-refractivity contribution in [2.24, 2.45) is 0 Å². The van der Waals surface area contributed by atoms with Gasteiger partial charge in [-0.05, 0) is 38.9 Å². The van der Waals surface area contributed by atoms with Crippen LogP contribution in [0.15, 0.2) is 22.7 Å². The van der Waals surface area contributed by atoms with Crippen molar-refractivity contribution in [1.82, 2.24) is 5.32 Å². The zero-order chi connectivity index (χ0) is 15.0. The van der Waals surface area contributed by atoms with Gasteiger partial charge in [0, 0.05) is 36.2 Å². The Morgan fingerprint density at radius 2 is 2.05 bits per heavy atom. The summed E-state index contributed by atoms with van der Waals surface area (Å²) >= 11 is 3.52. The van der Waals surface area contributed by atoms with Crippen LogP contribution in [0.4, 0.5) is 0 Å². The second-order valence-corrected chi connectivity index (χ2v) is 5.98. The Labute approximate surface area is 131 Å². The van der Waals surface area contributed by atoms with Crippen molar-refractivity contribution in [2.75, 3.05) is 20.3 Å². The van der Waals surface area contributed by atoms with Crippen molar-refractivity contribution >= 4 is 15.9 Å². The summed E-state index contributed by atoms with van der Waals surface area (Å²) in [7, 11) is 1.72. The fourth-order valence-corrected chi connectivity index (χ4v) is 2.34. The molecule has 0 saturated carbocycles. The maximum absolute atomic E-state index is 6.08. The molecule has 0 fully saturated rings. The van der Waals surface area contributed by atoms with Gasteiger partial charge >= 0.3 is 0 Å². The fraction of sp³-hybridized carbons (Fsp3) is 0.625. The van der Waals surface area contributed by atoms with Crippen molar-refractivity contribution in [1.29, 1.82) is 0 Å². The van der Waals surface area contributed by atoms with Crippen molar-refractivity contribution in [2.45, 2.75) is 45.8 Å². The Morgan fingerprint density at radius 1 is 1.30 bits per heavy atom. The van der Waals surface area contributed by atoms with E-state index in [-0.39, 0.29) is 12.1 Å². The molecule has 0 aliphatic carbocycles. The SMILES string of the molecule is CCCNC(C)c1ccc(Br)cc1OC(C)CCOC. The van der Waals surface area contributed by atoms with Crippen LogP contribution in [0, 0.1) is 0 Å². The van der Waals surface area contributed by atoms with Crippen LogP contribution in [0.25, 0.3) is 0 Å². The molecule has 0 amide bonds. The van der Waals surface area contributed by atoms with Gasteiger partial charge in [0.15, 0.2) is 0 Å². The molecule has 2 atom stereocenters. The molecule has 20 heavy (non-hydrogen) atoms. The van der Waals surface area contributed by atoms with Gasteiger partial charge in [0.25, 0.3) is 0 Å². The van der Waals surface area contributed by atoms with Crippen LogP contribution in [0.3, 0.4) is 0 Å². The summed E-state index contributed by atoms with van der Waals surface area (Å²) in [5, 5.41) is 3.50. The first-order chi connectivity index (χ1) is 9.58. The Kier molecular flexibility index (Phi) is 8.19. The molecule has 4 heteroatoms. The monoisotopic (exact) mass is 343 g/mol. The number of hydrogen-bond donors (Lipinski definition) is 1. The van der Waals surface area contributed by atoms with Crippen LogP contribution in [0.1, 0.15) is 45.2 Å². The highest BCUT2D eigenvalue weighted by Crippen LogP contribution is 2.29. The highest BCUT2D eigenvalue weighted by atomic mass is 79.9. The molecule has 1 aromatic carbocycles. The Bertz CT molecular complexity index is 398. The largest absolute Gasteiger partial charge is 0.490 e. The molecular weight excluding hydrogens is 318 g/mol. The summed E-state index contributed by atoms with van der Waals surface area (Å²) in [4.78, 5) is 0. The van der Waals surface area contributed by atoms with Crippen LogP contribution < -0.4 is 10.1 Å². The summed E-state index contributed by atoms with van der Waals surface area (Å²) in [6.07, 6.45) is 2.15. The van der Waals surface area contributed by atoms with E-state index in [9.17, 15) is 0 Å². The lowest BCUT2D eigenvalue weighted by atomic mass is 10.1. The predicted molar refractivity (Wildman–Crippen MR) is 87.4 cm³/mol. The highest BCUT2D eigenvalue weighted by molar-refractivity contribution is 9.10. The Balaban J connectivity index is 2.78. The van der Waals surface area contributed by atoms with Crippen LogP contribution in [0.2, 0.25) is 0 Å². The minimum Gasteiger partial charge on any atom is -0.490 e. The molecule has 0 bridgehead atoms. The van der Waals surface area contributed by atoms with Gasteiger partial charge in [0.1, 0.15) is 5.75 Å². The van der Waals surface area contributed by atoms with Gasteiger partial charge in [-0.25, -0.2) is 0 Å². The van der Waals surface area contributed by atoms with E-state index < -0.39 is 0 Å². The minimum atomic E-state index is 0.140. The average molecular weight is 344 g/mol. The maximum atomic E-state index is 6.08. The third-order valence-corrected chi connectivity index (χ3v) is 3.69. The van der Waals surface area contributed by atoms with Gasteiger partial charge in [-0.2, -0.15) is 0 Å². The summed E-state index contributed by atoms with van der Waals surface area (Å²) in [6.45, 7) is 8.15. The molecule has 3 nitrogen and oxygen atoms in total. The van der Waals surface area contributed by atoms with Gasteiger partial charge in [-0.15, -0.1) is 0 Å². The van der Waals surface area contributed by atoms with Crippen molar-refractivity contribution < 1.29 is 9.47 Å². The number of rotatable bonds is 9. The number of halogens is 1. The molecule has 0 aromatic heterocycles. The quantitative estimate of drug-likeness (QED) is 0.724. The Hall–Kier alpha value is -0.580. The van der Waals surface area contributed by atoms with Gasteiger partial charge in [0.05, 0.1) is 6.10 Å². The number of methoxy groups -OCH3 is 1. The van der Waals surface area contributed by atoms with Crippen LogP contribution >= 0.6 is 15.9 Å². The molecule has 1 aromatic rings. The molecule has 1 N–H and O–H groups in total. The summed E-state index contributed by atoms with van der Waals surface area (Å²) < 4.78 is 12.2. The van der Waals surface area contributed by atoms with Gasteiger partial charge in [-0.3, -0.25) is 0 Å². The second kappa shape index (κ2) is 9.37. The average Bonchev–Trinajstić information content (AvgIpc) is 2.42. The molecule has 1 rings (SSSR count). The van der Waals surface area contributed by atoms with E-state index in [4.69, 9.17) is 9.47 Å². The Morgan fingerprint density at radius 3 is 2.70 bits per heavy atom. The molecule has 114 valence electrons. The molecule has 0 spiro atoms. The lowest BCUT2D eigenvalue weighted by Gasteiger charge is -2.21. The standard InChI is InChI=1S/C16H26BrNO2/c1-5-9-18-13(3)15-7-6-14(17)11-16(15)20-12(2)8-10-19-4/h6-7,11-13,18H,5,8-10H2,1-4H3. The first-order valence-electron chi connectivity index (χ1n) is 7.26. The summed E-state index contributed by atoms with van der Waals surface area (Å²) in [5.74, 6) is 0.944. The second-order valence-electron chi connectivity index (χ2n) is 5.07. The van der Waals surface area contributed by atoms with Crippen LogP contribution in [-0.4, -0.2) is 26.4 Å². The van der Waals surface area contributed by atoms with E-state index in [0.717, 1.165) is 29.6 Å². The third kappa shape index (κ3) is 5.81. The molecule has 0 radical (unpaired) electrons. The van der Waals surface area contributed by atoms with Crippen molar-refractivity contribution in [3.05, 3.63) is 28.2 Å². The number of nitrogens with one attached hydrogen (secondary N) is 1. The molecular formula is C16H26BrNO2. The number of benzene rings is 1. The summed E-state index contributed by atoms with van der Waals surface area (Å²) in [5.41, 5.74) is 1.20. The summed E-state index contributed by atoms with van der Waals surface area (Å²) in [6, 6.07) is 6.51.